The van der Waals surface area contributed by atoms with Crippen molar-refractivity contribution >= 4 is 102 Å². The predicted molar refractivity (Wildman–Crippen MR) is 506 cm³/mol. The maximum atomic E-state index is 13.3. The number of imidazole rings is 1. The summed E-state index contributed by atoms with van der Waals surface area (Å²) in [6.07, 6.45) is 0.180. The van der Waals surface area contributed by atoms with Gasteiger partial charge in [-0.25, -0.2) is 13.8 Å². The monoisotopic (exact) mass is 1870 g/mol. The van der Waals surface area contributed by atoms with Crippen LogP contribution in [0.15, 0.2) is 330 Å². The third-order valence-electron chi connectivity index (χ3n) is 22.7. The number of aliphatic hydroxyl groups is 5. The molecule has 2 atom stereocenters. The summed E-state index contributed by atoms with van der Waals surface area (Å²) in [5, 5.41) is 64.1. The summed E-state index contributed by atoms with van der Waals surface area (Å²) < 4.78 is 97.3. The fourth-order valence-corrected chi connectivity index (χ4v) is 16.4. The Bertz CT molecular complexity index is 7620. The molecule has 0 aliphatic carbocycles. The molecule has 29 heteroatoms. The molecule has 0 amide bonds. The van der Waals surface area contributed by atoms with Gasteiger partial charge >= 0.3 is 11.9 Å². The average Bonchev–Trinajstić information content (AvgIpc) is 1.62. The van der Waals surface area contributed by atoms with Gasteiger partial charge in [0.05, 0.1) is 61.6 Å². The van der Waals surface area contributed by atoms with E-state index in [0.717, 1.165) is 92.8 Å². The van der Waals surface area contributed by atoms with Gasteiger partial charge in [-0.3, -0.25) is 19.3 Å². The molecule has 11 aromatic heterocycles. The minimum absolute atomic E-state index is 0.0758. The summed E-state index contributed by atoms with van der Waals surface area (Å²) in [6.45, 7) is 6.60. The van der Waals surface area contributed by atoms with Crippen molar-refractivity contribution in [3.8, 4) is 86.4 Å². The molecule has 2 unspecified atom stereocenters. The van der Waals surface area contributed by atoms with Crippen molar-refractivity contribution in [3.63, 3.8) is 0 Å². The van der Waals surface area contributed by atoms with Gasteiger partial charge in [-0.15, -0.1) is 0 Å². The number of piperazine rings is 1. The molecule has 1 aliphatic rings. The summed E-state index contributed by atoms with van der Waals surface area (Å²) in [5.41, 5.74) is 11.9. The Kier molecular flexibility index (Phi) is 28.6. The van der Waals surface area contributed by atoms with Gasteiger partial charge in [-0.2, -0.15) is 5.26 Å². The van der Waals surface area contributed by atoms with Gasteiger partial charge in [0.25, 0.3) is 0 Å². The van der Waals surface area contributed by atoms with E-state index in [-0.39, 0.29) is 68.1 Å². The molecule has 1 aliphatic heterocycles. The summed E-state index contributed by atoms with van der Waals surface area (Å²) in [4.78, 5) is 42.4. The van der Waals surface area contributed by atoms with E-state index in [2.05, 4.69) is 26.9 Å². The molecule has 136 heavy (non-hydrogen) atoms. The Hall–Kier alpha value is -15.6. The highest BCUT2D eigenvalue weighted by Crippen LogP contribution is 2.44. The van der Waals surface area contributed by atoms with Crippen LogP contribution in [0, 0.1) is 17.1 Å². The van der Waals surface area contributed by atoms with E-state index in [1.807, 2.05) is 182 Å². The molecule has 0 radical (unpaired) electrons. The van der Waals surface area contributed by atoms with Gasteiger partial charge in [0.1, 0.15) is 88.8 Å². The molecule has 1 saturated heterocycles. The van der Waals surface area contributed by atoms with Crippen LogP contribution in [0.1, 0.15) is 98.4 Å². The normalized spacial score (nSPS) is 12.5. The van der Waals surface area contributed by atoms with Gasteiger partial charge in [-0.1, -0.05) is 163 Å². The predicted octanol–water partition coefficient (Wildman–Crippen LogP) is 24.2. The van der Waals surface area contributed by atoms with Crippen molar-refractivity contribution < 1.29 is 102 Å². The number of hydrogen-bond donors (Lipinski definition) is 5. The lowest BCUT2D eigenvalue weighted by Crippen LogP contribution is -2.45. The van der Waals surface area contributed by atoms with Crippen molar-refractivity contribution in [2.75, 3.05) is 37.8 Å². The van der Waals surface area contributed by atoms with Crippen LogP contribution in [0.3, 0.4) is 0 Å². The van der Waals surface area contributed by atoms with Crippen LogP contribution in [0.5, 0.6) is 0 Å². The summed E-state index contributed by atoms with van der Waals surface area (Å²) in [5.74, 6) is 5.80. The smallest absolute Gasteiger partial charge is 0.302 e. The number of carbonyl (C=O) groups is 3. The fourth-order valence-electron chi connectivity index (χ4n) is 16.0. The number of alkyl halides is 1. The zero-order valence-electron chi connectivity index (χ0n) is 73.0. The minimum atomic E-state index is -1.11. The minimum Gasteiger partial charge on any atom is -0.461 e. The zero-order chi connectivity index (χ0) is 94.5. The van der Waals surface area contributed by atoms with Crippen molar-refractivity contribution in [2.24, 2.45) is 0 Å². The molecule has 12 heterocycles. The number of hydrogen-bond acceptors (Lipinski definition) is 24. The first-order chi connectivity index (χ1) is 66.3. The van der Waals surface area contributed by atoms with Crippen molar-refractivity contribution in [3.05, 3.63) is 369 Å². The molecule has 9 aromatic carbocycles. The number of rotatable bonds is 24. The van der Waals surface area contributed by atoms with E-state index in [4.69, 9.17) is 82.1 Å². The largest absolute Gasteiger partial charge is 0.461 e. The van der Waals surface area contributed by atoms with E-state index in [1.165, 1.54) is 37.7 Å². The van der Waals surface area contributed by atoms with Crippen LogP contribution in [0.25, 0.3) is 135 Å². The van der Waals surface area contributed by atoms with Crippen LogP contribution < -0.4 is 4.90 Å². The highest BCUT2D eigenvalue weighted by atomic mass is 35.5. The van der Waals surface area contributed by atoms with Crippen LogP contribution in [-0.4, -0.2) is 91.1 Å². The van der Waals surface area contributed by atoms with Crippen LogP contribution in [0.2, 0.25) is 10.0 Å². The van der Waals surface area contributed by atoms with Crippen molar-refractivity contribution in [2.45, 2.75) is 72.2 Å². The molecule has 25 nitrogen and oxygen atoms in total. The van der Waals surface area contributed by atoms with Crippen molar-refractivity contribution in [1.29, 1.82) is 5.26 Å². The van der Waals surface area contributed by atoms with E-state index < -0.39 is 24.7 Å². The van der Waals surface area contributed by atoms with Crippen LogP contribution in [-0.2, 0) is 65.2 Å². The average molecular weight is 1870 g/mol. The quantitative estimate of drug-likeness (QED) is 0.0277. The first-order valence-corrected chi connectivity index (χ1v) is 43.9. The molecule has 0 bridgehead atoms. The lowest BCUT2D eigenvalue weighted by atomic mass is 10.1. The number of esters is 2. The molecule has 20 aromatic rings. The maximum Gasteiger partial charge on any atom is 0.302 e. The number of para-hydroxylation sites is 5. The highest BCUT2D eigenvalue weighted by molar-refractivity contribution is 6.31. The second kappa shape index (κ2) is 42.1. The number of nitrogens with zero attached hydrogens (tertiary/aromatic N) is 5. The van der Waals surface area contributed by atoms with E-state index in [9.17, 15) is 48.7 Å². The molecule has 5 N–H and O–H groups in total. The standard InChI is InChI=1S/C26H25ClN2O4.C24H19FN2O3.C21H15NO4.C20H14ClFO4.C16H12O5/c1-18(30)31-17-23-22-4-2-3-5-24(22)33-26(23)25-11-10-21(32-25)16-28-12-14-29(15-13-28)20-8-6-19(27)7-9-20;25-12-13-27-15-26-22(16-6-2-1-3-7-16)23(27)20-10-11-21(29-20)24-18(14-28)17-8-4-5-9-19(17)30-24;22-11-13-5-7-14(8-6-13)20(24)18-9-10-19(25-18)21-16(12-23)15-3-1-2-4-17(15)26-21;21-14-9-11(5-6-15(14)22)19(24)17-7-8-18(25-17)20-13(10-23)12-3-1-2-4-16(12)26-20;1-10(18)19-9-13-12-4-2-3-5-14(12)21-16(13)15-7-6-11(8-17)20-15/h2-11H,12-17H2,1H3;1-11,15,28H,12-14H2;1-10,20,23-24H,12H2;1-9,19,23-24H,10H2;2-8H,9H2,1H3. The maximum absolute atomic E-state index is 13.3. The molecule has 0 saturated carbocycles. The highest BCUT2D eigenvalue weighted by Gasteiger charge is 2.29. The number of anilines is 1. The molecule has 1 fully saturated rings. The number of benzene rings is 9. The number of aldehydes is 1. The number of ether oxygens (including phenoxy) is 2. The first kappa shape index (κ1) is 92.2. The number of furan rings is 10. The molecule has 21 rings (SSSR count). The Morgan fingerprint density at radius 2 is 0.890 bits per heavy atom. The van der Waals surface area contributed by atoms with E-state index >= 15 is 0 Å². The second-order valence-corrected chi connectivity index (χ2v) is 32.2. The third-order valence-corrected chi connectivity index (χ3v) is 23.3. The van der Waals surface area contributed by atoms with Crippen LogP contribution >= 0.6 is 23.2 Å². The zero-order valence-corrected chi connectivity index (χ0v) is 74.5. The molecular formula is C107H85Cl2F2N5O20. The number of fused-ring (bicyclic) bond motifs is 5. The number of aliphatic hydroxyl groups excluding tert-OH is 5. The number of carbonyl (C=O) groups excluding carboxylic acids is 3. The SMILES string of the molecule is CC(=O)OCc1c(-c2ccc(C=O)o2)oc2ccccc12.CC(=O)OCc1c(-c2ccc(CN3CCN(c4ccc(Cl)cc4)CC3)o2)oc2ccccc12.N#Cc1ccc(C(O)c2ccc(-c3oc4ccccc4c3CO)o2)cc1.OCc1c(-c2ccc(-c3c(-c4ccccc4)ncn3CCF)o2)oc2ccccc12.OCc1c(-c2ccc(C(O)c3ccc(F)c(Cl)c3)o2)oc2ccccc12. The number of halogens is 4. The summed E-state index contributed by atoms with van der Waals surface area (Å²) in [7, 11) is 0. The van der Waals surface area contributed by atoms with Crippen molar-refractivity contribution in [1.82, 2.24) is 14.5 Å². The van der Waals surface area contributed by atoms with Gasteiger partial charge in [0.15, 0.2) is 75.4 Å². The Morgan fingerprint density at radius 1 is 0.471 bits per heavy atom. The molecular weight excluding hydrogens is 1780 g/mol. The van der Waals surface area contributed by atoms with Crippen LogP contribution in [0.4, 0.5) is 14.5 Å². The summed E-state index contributed by atoms with van der Waals surface area (Å²) in [6, 6.07) is 85.3. The Labute approximate surface area is 784 Å². The Balaban J connectivity index is 0.000000119. The topological polar surface area (TPSA) is 350 Å². The van der Waals surface area contributed by atoms with Gasteiger partial charge in [-0.05, 0) is 151 Å². The Morgan fingerprint density at radius 3 is 1.35 bits per heavy atom. The first-order valence-electron chi connectivity index (χ1n) is 43.1. The van der Waals surface area contributed by atoms with Gasteiger partial charge < -0.3 is 88.6 Å². The number of aryl methyl sites for hydroxylation is 1. The van der Waals surface area contributed by atoms with Gasteiger partial charge in [0.2, 0.25) is 0 Å². The molecule has 0 spiro atoms. The number of aromatic nitrogens is 2. The molecule has 686 valence electrons. The van der Waals surface area contributed by atoms with E-state index in [0.29, 0.717) is 142 Å². The summed E-state index contributed by atoms with van der Waals surface area (Å²) >= 11 is 11.8. The lowest BCUT2D eigenvalue weighted by molar-refractivity contribution is -0.143. The number of nitriles is 1. The van der Waals surface area contributed by atoms with E-state index in [1.54, 1.807) is 83.7 Å². The van der Waals surface area contributed by atoms with Gasteiger partial charge in [0, 0.05) is 111 Å². The second-order valence-electron chi connectivity index (χ2n) is 31.4. The third kappa shape index (κ3) is 20.3. The fraction of sp³-hybridized carbons (Fsp3) is 0.150. The lowest BCUT2D eigenvalue weighted by Gasteiger charge is -2.35.